The number of alkyl halides is 3. The molecule has 2 rings (SSSR count). The first-order chi connectivity index (χ1) is 8.83. The Bertz CT molecular complexity index is 338. The molecular weight excluding hydrogens is 297 g/mol. The molecule has 0 unspecified atom stereocenters. The Balaban J connectivity index is 0.00000200. The highest BCUT2D eigenvalue weighted by molar-refractivity contribution is 5.86. The topological polar surface area (TPSA) is 55.6 Å². The predicted octanol–water partition coefficient (Wildman–Crippen LogP) is 1.72. The molecule has 0 saturated carbocycles. The van der Waals surface area contributed by atoms with E-state index in [2.05, 4.69) is 0 Å². The van der Waals surface area contributed by atoms with Gasteiger partial charge in [-0.1, -0.05) is 0 Å². The Morgan fingerprint density at radius 2 is 1.70 bits per heavy atom. The summed E-state index contributed by atoms with van der Waals surface area (Å²) in [5, 5.41) is 0. The first kappa shape index (κ1) is 17.5. The number of halogens is 4. The first-order valence-electron chi connectivity index (χ1n) is 6.56. The van der Waals surface area contributed by atoms with Crippen LogP contribution < -0.4 is 5.73 Å². The van der Waals surface area contributed by atoms with E-state index in [0.717, 1.165) is 0 Å². The number of likely N-dealkylation sites (tertiary alicyclic amines) is 1. The average molecular weight is 317 g/mol. The van der Waals surface area contributed by atoms with Crippen LogP contribution in [-0.2, 0) is 9.53 Å². The molecule has 20 heavy (non-hydrogen) atoms. The minimum Gasteiger partial charge on any atom is -0.381 e. The third-order valence-electron chi connectivity index (χ3n) is 4.06. The van der Waals surface area contributed by atoms with E-state index in [1.807, 2.05) is 0 Å². The molecule has 2 aliphatic heterocycles. The minimum absolute atomic E-state index is 0. The van der Waals surface area contributed by atoms with Crippen molar-refractivity contribution >= 4 is 18.3 Å². The summed E-state index contributed by atoms with van der Waals surface area (Å²) in [6.45, 7) is 1.15. The Labute approximate surface area is 122 Å². The summed E-state index contributed by atoms with van der Waals surface area (Å²) < 4.78 is 42.8. The molecule has 8 heteroatoms. The van der Waals surface area contributed by atoms with Crippen molar-refractivity contribution in [1.82, 2.24) is 4.90 Å². The van der Waals surface area contributed by atoms with Crippen molar-refractivity contribution in [3.05, 3.63) is 0 Å². The van der Waals surface area contributed by atoms with Gasteiger partial charge in [-0.05, 0) is 25.7 Å². The summed E-state index contributed by atoms with van der Waals surface area (Å²) in [6, 6.07) is 0. The van der Waals surface area contributed by atoms with Gasteiger partial charge in [0.15, 0.2) is 0 Å². The monoisotopic (exact) mass is 316 g/mol. The van der Waals surface area contributed by atoms with Crippen LogP contribution in [0.15, 0.2) is 0 Å². The quantitative estimate of drug-likeness (QED) is 0.801. The largest absolute Gasteiger partial charge is 0.391 e. The van der Waals surface area contributed by atoms with E-state index < -0.39 is 17.6 Å². The molecule has 2 fully saturated rings. The molecule has 0 aromatic carbocycles. The van der Waals surface area contributed by atoms with Crippen LogP contribution in [0.3, 0.4) is 0 Å². The summed E-state index contributed by atoms with van der Waals surface area (Å²) in [5.74, 6) is -1.52. The van der Waals surface area contributed by atoms with E-state index in [0.29, 0.717) is 26.1 Å². The van der Waals surface area contributed by atoms with Gasteiger partial charge < -0.3 is 15.4 Å². The highest BCUT2D eigenvalue weighted by atomic mass is 35.5. The lowest BCUT2D eigenvalue weighted by Crippen LogP contribution is -2.59. The molecule has 2 heterocycles. The van der Waals surface area contributed by atoms with Gasteiger partial charge in [-0.15, -0.1) is 12.4 Å². The highest BCUT2D eigenvalue weighted by Crippen LogP contribution is 2.35. The minimum atomic E-state index is -4.16. The second-order valence-electron chi connectivity index (χ2n) is 5.38. The van der Waals surface area contributed by atoms with Crippen molar-refractivity contribution < 1.29 is 22.7 Å². The maximum absolute atomic E-state index is 12.6. The van der Waals surface area contributed by atoms with E-state index in [1.54, 1.807) is 0 Å². The van der Waals surface area contributed by atoms with Crippen LogP contribution in [0.1, 0.15) is 25.7 Å². The van der Waals surface area contributed by atoms with Gasteiger partial charge in [0.05, 0.1) is 11.5 Å². The lowest BCUT2D eigenvalue weighted by Gasteiger charge is -2.40. The van der Waals surface area contributed by atoms with Gasteiger partial charge in [-0.3, -0.25) is 4.79 Å². The SMILES string of the molecule is Cl.NC1(C(=O)N2CCC(C(F)(F)F)CC2)CCOCC1. The normalized spacial score (nSPS) is 24.1. The van der Waals surface area contributed by atoms with Crippen LogP contribution in [0.25, 0.3) is 0 Å². The molecular formula is C12H20ClF3N2O2. The number of piperidine rings is 1. The van der Waals surface area contributed by atoms with E-state index in [1.165, 1.54) is 4.90 Å². The lowest BCUT2D eigenvalue weighted by molar-refractivity contribution is -0.187. The number of amides is 1. The third-order valence-corrected chi connectivity index (χ3v) is 4.06. The van der Waals surface area contributed by atoms with Gasteiger partial charge in [0, 0.05) is 26.3 Å². The number of nitrogens with zero attached hydrogens (tertiary/aromatic N) is 1. The molecule has 4 nitrogen and oxygen atoms in total. The summed E-state index contributed by atoms with van der Waals surface area (Å²) >= 11 is 0. The molecule has 0 aliphatic carbocycles. The molecule has 2 aliphatic rings. The summed E-state index contributed by atoms with van der Waals surface area (Å²) in [6.07, 6.45) is -3.34. The van der Waals surface area contributed by atoms with Gasteiger partial charge in [0.25, 0.3) is 0 Å². The fourth-order valence-corrected chi connectivity index (χ4v) is 2.67. The fraction of sp³-hybridized carbons (Fsp3) is 0.917. The number of rotatable bonds is 1. The number of hydrogen-bond donors (Lipinski definition) is 1. The zero-order chi connectivity index (χ0) is 14.1. The van der Waals surface area contributed by atoms with Crippen molar-refractivity contribution in [2.24, 2.45) is 11.7 Å². The molecule has 0 bridgehead atoms. The standard InChI is InChI=1S/C12H19F3N2O2.ClH/c13-12(14,15)9-1-5-17(6-2-9)10(18)11(16)3-7-19-8-4-11;/h9H,1-8,16H2;1H. The number of carbonyl (C=O) groups excluding carboxylic acids is 1. The van der Waals surface area contributed by atoms with Crippen molar-refractivity contribution in [3.63, 3.8) is 0 Å². The zero-order valence-electron chi connectivity index (χ0n) is 11.1. The second-order valence-corrected chi connectivity index (χ2v) is 5.38. The van der Waals surface area contributed by atoms with Crippen LogP contribution in [-0.4, -0.2) is 48.8 Å². The van der Waals surface area contributed by atoms with Gasteiger partial charge in [0.2, 0.25) is 5.91 Å². The van der Waals surface area contributed by atoms with E-state index in [4.69, 9.17) is 10.5 Å². The van der Waals surface area contributed by atoms with E-state index in [9.17, 15) is 18.0 Å². The fourth-order valence-electron chi connectivity index (χ4n) is 2.67. The molecule has 0 aromatic rings. The van der Waals surface area contributed by atoms with Crippen LogP contribution in [0, 0.1) is 5.92 Å². The van der Waals surface area contributed by atoms with Crippen molar-refractivity contribution in [2.75, 3.05) is 26.3 Å². The predicted molar refractivity (Wildman–Crippen MR) is 69.6 cm³/mol. The number of hydrogen-bond acceptors (Lipinski definition) is 3. The maximum Gasteiger partial charge on any atom is 0.391 e. The average Bonchev–Trinajstić information content (AvgIpc) is 2.38. The third kappa shape index (κ3) is 3.77. The van der Waals surface area contributed by atoms with Gasteiger partial charge in [0.1, 0.15) is 0 Å². The molecule has 0 aromatic heterocycles. The van der Waals surface area contributed by atoms with Crippen molar-refractivity contribution in [2.45, 2.75) is 37.4 Å². The van der Waals surface area contributed by atoms with E-state index >= 15 is 0 Å². The van der Waals surface area contributed by atoms with Crippen LogP contribution in [0.4, 0.5) is 13.2 Å². The Hall–Kier alpha value is -0.530. The molecule has 2 N–H and O–H groups in total. The summed E-state index contributed by atoms with van der Waals surface area (Å²) in [7, 11) is 0. The van der Waals surface area contributed by atoms with Gasteiger partial charge in [-0.25, -0.2) is 0 Å². The number of carbonyl (C=O) groups is 1. The Kier molecular flexibility index (Phi) is 5.69. The zero-order valence-corrected chi connectivity index (χ0v) is 11.9. The number of nitrogens with two attached hydrogens (primary N) is 1. The van der Waals surface area contributed by atoms with Gasteiger partial charge >= 0.3 is 6.18 Å². The summed E-state index contributed by atoms with van der Waals surface area (Å²) in [4.78, 5) is 13.8. The molecule has 2 saturated heterocycles. The molecule has 0 spiro atoms. The molecule has 1 amide bonds. The molecule has 118 valence electrons. The first-order valence-corrected chi connectivity index (χ1v) is 6.56. The van der Waals surface area contributed by atoms with Crippen LogP contribution in [0.5, 0.6) is 0 Å². The Morgan fingerprint density at radius 3 is 2.15 bits per heavy atom. The van der Waals surface area contributed by atoms with Crippen LogP contribution >= 0.6 is 12.4 Å². The smallest absolute Gasteiger partial charge is 0.381 e. The molecule has 0 atom stereocenters. The number of ether oxygens (including phenoxy) is 1. The van der Waals surface area contributed by atoms with Gasteiger partial charge in [-0.2, -0.15) is 13.2 Å². The maximum atomic E-state index is 12.6. The second kappa shape index (κ2) is 6.49. The van der Waals surface area contributed by atoms with Crippen LogP contribution in [0.2, 0.25) is 0 Å². The van der Waals surface area contributed by atoms with E-state index in [-0.39, 0.29) is 44.2 Å². The van der Waals surface area contributed by atoms with Crippen molar-refractivity contribution in [3.8, 4) is 0 Å². The Morgan fingerprint density at radius 1 is 1.20 bits per heavy atom. The lowest BCUT2D eigenvalue weighted by atomic mass is 9.88. The highest BCUT2D eigenvalue weighted by Gasteiger charge is 2.44. The summed E-state index contributed by atoms with van der Waals surface area (Å²) in [5.41, 5.74) is 5.11. The van der Waals surface area contributed by atoms with Crippen molar-refractivity contribution in [1.29, 1.82) is 0 Å². The molecule has 0 radical (unpaired) electrons.